The summed E-state index contributed by atoms with van der Waals surface area (Å²) in [5.74, 6) is 0.536. The lowest BCUT2D eigenvalue weighted by molar-refractivity contribution is 0.0255. The maximum Gasteiger partial charge on any atom is 0.410 e. The molecule has 0 bridgehead atoms. The Labute approximate surface area is 137 Å². The average Bonchev–Trinajstić information content (AvgIpc) is 2.65. The van der Waals surface area contributed by atoms with Gasteiger partial charge in [-0.1, -0.05) is 17.7 Å². The number of carbonyl (C=O) groups excluding carboxylic acids is 1. The minimum Gasteiger partial charge on any atom is -0.444 e. The quantitative estimate of drug-likeness (QED) is 0.761. The second-order valence-electron chi connectivity index (χ2n) is 6.92. The number of halogens is 1. The summed E-state index contributed by atoms with van der Waals surface area (Å²) in [6.45, 7) is 7.21. The van der Waals surface area contributed by atoms with E-state index in [4.69, 9.17) is 16.3 Å². The molecule has 0 unspecified atom stereocenters. The van der Waals surface area contributed by atoms with Crippen molar-refractivity contribution in [1.82, 2.24) is 9.88 Å². The minimum absolute atomic E-state index is 0.201. The van der Waals surface area contributed by atoms with Crippen molar-refractivity contribution < 1.29 is 9.53 Å². The number of nitrogens with zero attached hydrogens (tertiary/aromatic N) is 2. The zero-order chi connectivity index (χ0) is 16.2. The molecule has 1 atom stereocenters. The molecule has 5 heteroatoms. The van der Waals surface area contributed by atoms with E-state index in [-0.39, 0.29) is 6.09 Å². The van der Waals surface area contributed by atoms with Gasteiger partial charge >= 0.3 is 6.09 Å². The SMILES string of the molecule is CC(C)(C)OC(=O)N1CCC[C@@H](Cc2cccnc2Cl)CC1. The molecular formula is C17H25ClN2O2. The first-order valence-corrected chi connectivity index (χ1v) is 8.30. The van der Waals surface area contributed by atoms with Gasteiger partial charge < -0.3 is 9.64 Å². The molecule has 4 nitrogen and oxygen atoms in total. The lowest BCUT2D eigenvalue weighted by Gasteiger charge is -2.26. The van der Waals surface area contributed by atoms with Gasteiger partial charge in [0.05, 0.1) is 0 Å². The highest BCUT2D eigenvalue weighted by Gasteiger charge is 2.25. The van der Waals surface area contributed by atoms with E-state index in [9.17, 15) is 4.79 Å². The standard InChI is InChI=1S/C17H25ClN2O2/c1-17(2,3)22-16(21)20-10-5-6-13(8-11-20)12-14-7-4-9-19-15(14)18/h4,7,9,13H,5-6,8,10-12H2,1-3H3/t13-/m1/s1. The lowest BCUT2D eigenvalue weighted by atomic mass is 9.93. The highest BCUT2D eigenvalue weighted by atomic mass is 35.5. The van der Waals surface area contributed by atoms with E-state index >= 15 is 0 Å². The molecule has 0 spiro atoms. The molecular weight excluding hydrogens is 300 g/mol. The number of carbonyl (C=O) groups is 1. The molecule has 1 aliphatic rings. The van der Waals surface area contributed by atoms with Crippen LogP contribution in [0, 0.1) is 5.92 Å². The van der Waals surface area contributed by atoms with Gasteiger partial charge in [-0.3, -0.25) is 0 Å². The summed E-state index contributed by atoms with van der Waals surface area (Å²) < 4.78 is 5.46. The lowest BCUT2D eigenvalue weighted by Crippen LogP contribution is -2.37. The molecule has 0 saturated carbocycles. The molecule has 1 amide bonds. The molecule has 1 aromatic heterocycles. The number of likely N-dealkylation sites (tertiary alicyclic amines) is 1. The first-order chi connectivity index (χ1) is 10.3. The van der Waals surface area contributed by atoms with Crippen LogP contribution in [-0.2, 0) is 11.2 Å². The van der Waals surface area contributed by atoms with Crippen molar-refractivity contribution in [2.24, 2.45) is 5.92 Å². The van der Waals surface area contributed by atoms with Crippen molar-refractivity contribution in [2.75, 3.05) is 13.1 Å². The summed E-state index contributed by atoms with van der Waals surface area (Å²) in [6, 6.07) is 3.96. The summed E-state index contributed by atoms with van der Waals surface area (Å²) in [4.78, 5) is 18.1. The van der Waals surface area contributed by atoms with Crippen LogP contribution in [0.2, 0.25) is 5.15 Å². The molecule has 0 radical (unpaired) electrons. The van der Waals surface area contributed by atoms with E-state index in [1.54, 1.807) is 6.20 Å². The fourth-order valence-corrected chi connectivity index (χ4v) is 2.96. The molecule has 0 aromatic carbocycles. The topological polar surface area (TPSA) is 42.4 Å². The van der Waals surface area contributed by atoms with Gasteiger partial charge in [0.25, 0.3) is 0 Å². The molecule has 0 aliphatic carbocycles. The molecule has 1 fully saturated rings. The van der Waals surface area contributed by atoms with Crippen molar-refractivity contribution in [3.05, 3.63) is 29.0 Å². The van der Waals surface area contributed by atoms with E-state index in [0.29, 0.717) is 11.1 Å². The van der Waals surface area contributed by atoms with E-state index in [0.717, 1.165) is 44.3 Å². The van der Waals surface area contributed by atoms with Gasteiger partial charge in [-0.15, -0.1) is 0 Å². The van der Waals surface area contributed by atoms with Gasteiger partial charge in [-0.05, 0) is 64.0 Å². The Morgan fingerprint density at radius 2 is 2.18 bits per heavy atom. The molecule has 22 heavy (non-hydrogen) atoms. The largest absolute Gasteiger partial charge is 0.444 e. The third kappa shape index (κ3) is 5.16. The number of hydrogen-bond donors (Lipinski definition) is 0. The van der Waals surface area contributed by atoms with Crippen molar-refractivity contribution in [2.45, 2.75) is 52.1 Å². The van der Waals surface area contributed by atoms with Crippen molar-refractivity contribution in [3.63, 3.8) is 0 Å². The fourth-order valence-electron chi connectivity index (χ4n) is 2.76. The highest BCUT2D eigenvalue weighted by molar-refractivity contribution is 6.30. The van der Waals surface area contributed by atoms with E-state index in [1.807, 2.05) is 37.8 Å². The second kappa shape index (κ2) is 7.32. The van der Waals surface area contributed by atoms with Gasteiger partial charge in [0.15, 0.2) is 0 Å². The Balaban J connectivity index is 1.90. The molecule has 1 aliphatic heterocycles. The Morgan fingerprint density at radius 1 is 1.41 bits per heavy atom. The predicted molar refractivity (Wildman–Crippen MR) is 88.1 cm³/mol. The van der Waals surface area contributed by atoms with Crippen LogP contribution in [-0.4, -0.2) is 34.7 Å². The molecule has 0 N–H and O–H groups in total. The first kappa shape index (κ1) is 17.1. The van der Waals surface area contributed by atoms with Crippen molar-refractivity contribution in [1.29, 1.82) is 0 Å². The number of amides is 1. The zero-order valence-corrected chi connectivity index (χ0v) is 14.4. The summed E-state index contributed by atoms with van der Waals surface area (Å²) in [5.41, 5.74) is 0.659. The molecule has 2 heterocycles. The highest BCUT2D eigenvalue weighted by Crippen LogP contribution is 2.25. The van der Waals surface area contributed by atoms with Crippen LogP contribution < -0.4 is 0 Å². The minimum atomic E-state index is -0.438. The normalized spacial score (nSPS) is 19.6. The fraction of sp³-hybridized carbons (Fsp3) is 0.647. The Morgan fingerprint density at radius 3 is 2.86 bits per heavy atom. The van der Waals surface area contributed by atoms with Crippen molar-refractivity contribution >= 4 is 17.7 Å². The summed E-state index contributed by atoms with van der Waals surface area (Å²) in [6.07, 6.45) is 5.52. The molecule has 1 saturated heterocycles. The predicted octanol–water partition coefficient (Wildman–Crippen LogP) is 4.31. The van der Waals surface area contributed by atoms with Crippen LogP contribution in [0.3, 0.4) is 0 Å². The summed E-state index contributed by atoms with van der Waals surface area (Å²) in [7, 11) is 0. The van der Waals surface area contributed by atoms with Gasteiger partial charge in [0.1, 0.15) is 10.8 Å². The smallest absolute Gasteiger partial charge is 0.410 e. The Bertz CT molecular complexity index is 514. The summed E-state index contributed by atoms with van der Waals surface area (Å²) >= 11 is 6.14. The Kier molecular flexibility index (Phi) is 5.68. The maximum atomic E-state index is 12.2. The number of aromatic nitrogens is 1. The van der Waals surface area contributed by atoms with Crippen LogP contribution >= 0.6 is 11.6 Å². The van der Waals surface area contributed by atoms with Crippen molar-refractivity contribution in [3.8, 4) is 0 Å². The summed E-state index contributed by atoms with van der Waals surface area (Å²) in [5, 5.41) is 0.593. The van der Waals surface area contributed by atoms with E-state index in [1.165, 1.54) is 0 Å². The van der Waals surface area contributed by atoms with Crippen LogP contribution in [0.15, 0.2) is 18.3 Å². The number of rotatable bonds is 2. The Hall–Kier alpha value is -1.29. The average molecular weight is 325 g/mol. The van der Waals surface area contributed by atoms with Gasteiger partial charge in [0, 0.05) is 19.3 Å². The monoisotopic (exact) mass is 324 g/mol. The van der Waals surface area contributed by atoms with Crippen LogP contribution in [0.1, 0.15) is 45.6 Å². The third-order valence-corrected chi connectivity index (χ3v) is 4.18. The number of hydrogen-bond acceptors (Lipinski definition) is 3. The third-order valence-electron chi connectivity index (χ3n) is 3.84. The van der Waals surface area contributed by atoms with Gasteiger partial charge in [0.2, 0.25) is 0 Å². The van der Waals surface area contributed by atoms with Gasteiger partial charge in [-0.25, -0.2) is 9.78 Å². The molecule has 2 rings (SSSR count). The van der Waals surface area contributed by atoms with Crippen LogP contribution in [0.25, 0.3) is 0 Å². The first-order valence-electron chi connectivity index (χ1n) is 7.92. The van der Waals surface area contributed by atoms with E-state index < -0.39 is 5.60 Å². The zero-order valence-electron chi connectivity index (χ0n) is 13.6. The van der Waals surface area contributed by atoms with Gasteiger partial charge in [-0.2, -0.15) is 0 Å². The molecule has 1 aromatic rings. The molecule has 122 valence electrons. The second-order valence-corrected chi connectivity index (χ2v) is 7.28. The van der Waals surface area contributed by atoms with Crippen LogP contribution in [0.4, 0.5) is 4.79 Å². The maximum absolute atomic E-state index is 12.2. The van der Waals surface area contributed by atoms with E-state index in [2.05, 4.69) is 4.98 Å². The number of pyridine rings is 1. The van der Waals surface area contributed by atoms with Crippen LogP contribution in [0.5, 0.6) is 0 Å². The number of ether oxygens (including phenoxy) is 1.